The van der Waals surface area contributed by atoms with E-state index in [0.717, 1.165) is 6.07 Å². The van der Waals surface area contributed by atoms with Gasteiger partial charge in [-0.2, -0.15) is 0 Å². The summed E-state index contributed by atoms with van der Waals surface area (Å²) < 4.78 is 52.3. The maximum atomic E-state index is 13.1. The van der Waals surface area contributed by atoms with E-state index in [4.69, 9.17) is 0 Å². The topological polar surface area (TPSA) is 46.2 Å². The summed E-state index contributed by atoms with van der Waals surface area (Å²) in [6.07, 6.45) is 0. The van der Waals surface area contributed by atoms with Gasteiger partial charge in [0.25, 0.3) is 0 Å². The van der Waals surface area contributed by atoms with E-state index < -0.39 is 15.8 Å². The van der Waals surface area contributed by atoms with E-state index >= 15 is 0 Å². The van der Waals surface area contributed by atoms with Gasteiger partial charge in [0.05, 0.1) is 4.90 Å². The summed E-state index contributed by atoms with van der Waals surface area (Å²) in [4.78, 5) is -0.00138. The van der Waals surface area contributed by atoms with Crippen LogP contribution in [0.15, 0.2) is 47.4 Å². The van der Waals surface area contributed by atoms with E-state index in [1.165, 1.54) is 43.3 Å². The van der Waals surface area contributed by atoms with Crippen molar-refractivity contribution in [3.8, 4) is 0 Å². The second-order valence-electron chi connectivity index (χ2n) is 4.36. The van der Waals surface area contributed by atoms with Crippen molar-refractivity contribution in [2.24, 2.45) is 0 Å². The van der Waals surface area contributed by atoms with Crippen molar-refractivity contribution in [1.29, 1.82) is 0 Å². The third-order valence-corrected chi connectivity index (χ3v) is 4.22. The molecule has 6 heteroatoms. The van der Waals surface area contributed by atoms with Crippen molar-refractivity contribution in [3.05, 3.63) is 65.2 Å². The van der Waals surface area contributed by atoms with Crippen LogP contribution in [0.5, 0.6) is 0 Å². The molecule has 0 heterocycles. The van der Waals surface area contributed by atoms with E-state index in [-0.39, 0.29) is 22.8 Å². The minimum Gasteiger partial charge on any atom is -0.207 e. The van der Waals surface area contributed by atoms with Crippen LogP contribution in [0.3, 0.4) is 0 Å². The fourth-order valence-corrected chi connectivity index (χ4v) is 2.75. The first-order valence-corrected chi connectivity index (χ1v) is 7.37. The molecule has 0 unspecified atom stereocenters. The van der Waals surface area contributed by atoms with Gasteiger partial charge in [0.1, 0.15) is 11.6 Å². The van der Waals surface area contributed by atoms with E-state index in [0.29, 0.717) is 5.56 Å². The third kappa shape index (κ3) is 3.40. The van der Waals surface area contributed by atoms with E-state index in [2.05, 4.69) is 4.72 Å². The Hall–Kier alpha value is -1.79. The first-order valence-electron chi connectivity index (χ1n) is 5.89. The number of aryl methyl sites for hydroxylation is 1. The van der Waals surface area contributed by atoms with Gasteiger partial charge >= 0.3 is 0 Å². The molecule has 0 atom stereocenters. The molecule has 0 aliphatic rings. The van der Waals surface area contributed by atoms with Gasteiger partial charge in [0, 0.05) is 6.54 Å². The number of hydrogen-bond acceptors (Lipinski definition) is 2. The predicted octanol–water partition coefficient (Wildman–Crippen LogP) is 2.75. The molecule has 0 bridgehead atoms. The Kier molecular flexibility index (Phi) is 4.15. The number of sulfonamides is 1. The van der Waals surface area contributed by atoms with Gasteiger partial charge < -0.3 is 0 Å². The van der Waals surface area contributed by atoms with E-state index in [1.54, 1.807) is 0 Å². The van der Waals surface area contributed by atoms with Gasteiger partial charge in [-0.25, -0.2) is 21.9 Å². The standard InChI is InChI=1S/C14H13F2NO2S/c1-10-8-13(6-7-14(10)16)20(18,19)17-9-11-2-4-12(15)5-3-11/h2-8,17H,9H2,1H3. The highest BCUT2D eigenvalue weighted by Crippen LogP contribution is 2.14. The molecule has 0 amide bonds. The highest BCUT2D eigenvalue weighted by molar-refractivity contribution is 7.89. The van der Waals surface area contributed by atoms with Gasteiger partial charge in [-0.15, -0.1) is 0 Å². The summed E-state index contributed by atoms with van der Waals surface area (Å²) in [7, 11) is -3.72. The highest BCUT2D eigenvalue weighted by atomic mass is 32.2. The Labute approximate surface area is 116 Å². The number of nitrogens with one attached hydrogen (secondary N) is 1. The molecule has 0 saturated heterocycles. The molecule has 0 aliphatic heterocycles. The van der Waals surface area contributed by atoms with Gasteiger partial charge in [0.2, 0.25) is 10.0 Å². The molecule has 2 rings (SSSR count). The number of hydrogen-bond donors (Lipinski definition) is 1. The fourth-order valence-electron chi connectivity index (χ4n) is 1.65. The van der Waals surface area contributed by atoms with Crippen LogP contribution in [0.25, 0.3) is 0 Å². The number of halogens is 2. The normalized spacial score (nSPS) is 11.6. The molecule has 0 fully saturated rings. The van der Waals surface area contributed by atoms with Crippen molar-refractivity contribution in [3.63, 3.8) is 0 Å². The Morgan fingerprint density at radius 3 is 2.30 bits per heavy atom. The van der Waals surface area contributed by atoms with Crippen molar-refractivity contribution >= 4 is 10.0 Å². The number of rotatable bonds is 4. The van der Waals surface area contributed by atoms with Crippen LogP contribution in [0.4, 0.5) is 8.78 Å². The Morgan fingerprint density at radius 1 is 1.05 bits per heavy atom. The monoisotopic (exact) mass is 297 g/mol. The Morgan fingerprint density at radius 2 is 1.70 bits per heavy atom. The minimum absolute atomic E-state index is 0.00138. The molecule has 0 saturated carbocycles. The van der Waals surface area contributed by atoms with E-state index in [1.807, 2.05) is 0 Å². The summed E-state index contributed by atoms with van der Waals surface area (Å²) in [6.45, 7) is 1.54. The lowest BCUT2D eigenvalue weighted by molar-refractivity contribution is 0.579. The van der Waals surface area contributed by atoms with Crippen molar-refractivity contribution < 1.29 is 17.2 Å². The summed E-state index contributed by atoms with van der Waals surface area (Å²) in [5, 5.41) is 0. The lowest BCUT2D eigenvalue weighted by Gasteiger charge is -2.08. The zero-order valence-electron chi connectivity index (χ0n) is 10.7. The molecular formula is C14H13F2NO2S. The smallest absolute Gasteiger partial charge is 0.207 e. The van der Waals surface area contributed by atoms with Crippen molar-refractivity contribution in [1.82, 2.24) is 4.72 Å². The average molecular weight is 297 g/mol. The van der Waals surface area contributed by atoms with Crippen LogP contribution in [0.2, 0.25) is 0 Å². The largest absolute Gasteiger partial charge is 0.240 e. The average Bonchev–Trinajstić information content (AvgIpc) is 2.41. The van der Waals surface area contributed by atoms with Crippen LogP contribution >= 0.6 is 0 Å². The summed E-state index contributed by atoms with van der Waals surface area (Å²) in [5.74, 6) is -0.840. The molecule has 3 nitrogen and oxygen atoms in total. The Balaban J connectivity index is 2.14. The first kappa shape index (κ1) is 14.6. The third-order valence-electron chi connectivity index (χ3n) is 2.82. The quantitative estimate of drug-likeness (QED) is 0.943. The molecule has 1 N–H and O–H groups in total. The molecule has 0 radical (unpaired) electrons. The lowest BCUT2D eigenvalue weighted by atomic mass is 10.2. The zero-order valence-corrected chi connectivity index (χ0v) is 11.5. The van der Waals surface area contributed by atoms with Crippen LogP contribution in [0.1, 0.15) is 11.1 Å². The van der Waals surface area contributed by atoms with Crippen molar-refractivity contribution in [2.45, 2.75) is 18.4 Å². The molecular weight excluding hydrogens is 284 g/mol. The highest BCUT2D eigenvalue weighted by Gasteiger charge is 2.14. The van der Waals surface area contributed by atoms with Crippen LogP contribution in [-0.4, -0.2) is 8.42 Å². The SMILES string of the molecule is Cc1cc(S(=O)(=O)NCc2ccc(F)cc2)ccc1F. The van der Waals surface area contributed by atoms with Gasteiger partial charge in [-0.3, -0.25) is 0 Å². The summed E-state index contributed by atoms with van der Waals surface area (Å²) in [6, 6.07) is 9.08. The van der Waals surface area contributed by atoms with E-state index in [9.17, 15) is 17.2 Å². The summed E-state index contributed by atoms with van der Waals surface area (Å²) in [5.41, 5.74) is 0.892. The van der Waals surface area contributed by atoms with Gasteiger partial charge in [-0.05, 0) is 48.4 Å². The molecule has 0 spiro atoms. The van der Waals surface area contributed by atoms with Gasteiger partial charge in [-0.1, -0.05) is 12.1 Å². The fraction of sp³-hybridized carbons (Fsp3) is 0.143. The van der Waals surface area contributed by atoms with Crippen LogP contribution < -0.4 is 4.72 Å². The first-order chi connectivity index (χ1) is 9.38. The lowest BCUT2D eigenvalue weighted by Crippen LogP contribution is -2.23. The maximum Gasteiger partial charge on any atom is 0.240 e. The molecule has 0 aliphatic carbocycles. The zero-order chi connectivity index (χ0) is 14.8. The number of benzene rings is 2. The molecule has 0 aromatic heterocycles. The van der Waals surface area contributed by atoms with Crippen LogP contribution in [-0.2, 0) is 16.6 Å². The van der Waals surface area contributed by atoms with Gasteiger partial charge in [0.15, 0.2) is 0 Å². The predicted molar refractivity (Wildman–Crippen MR) is 71.6 cm³/mol. The molecule has 2 aromatic carbocycles. The Bertz CT molecular complexity index is 712. The second kappa shape index (κ2) is 5.68. The molecule has 2 aromatic rings. The molecule has 20 heavy (non-hydrogen) atoms. The maximum absolute atomic E-state index is 13.1. The molecule has 106 valence electrons. The minimum atomic E-state index is -3.72. The second-order valence-corrected chi connectivity index (χ2v) is 6.13. The van der Waals surface area contributed by atoms with Crippen molar-refractivity contribution in [2.75, 3.05) is 0 Å². The van der Waals surface area contributed by atoms with Crippen LogP contribution in [0, 0.1) is 18.6 Å². The summed E-state index contributed by atoms with van der Waals surface area (Å²) >= 11 is 0.